The Morgan fingerprint density at radius 1 is 0.444 bits per heavy atom. The predicted molar refractivity (Wildman–Crippen MR) is 123 cm³/mol. The molecule has 132 valence electrons. The fourth-order valence-corrected chi connectivity index (χ4v) is 4.78. The van der Waals surface area contributed by atoms with Crippen molar-refractivity contribution < 1.29 is 0 Å². The maximum absolute atomic E-state index is 3.63. The van der Waals surface area contributed by atoms with Crippen LogP contribution in [0.15, 0.2) is 116 Å². The Hall–Kier alpha value is -1.81. The second kappa shape index (κ2) is 8.47. The Labute approximate surface area is 180 Å². The van der Waals surface area contributed by atoms with Gasteiger partial charge in [0.05, 0.1) is 0 Å². The van der Waals surface area contributed by atoms with Gasteiger partial charge >= 0.3 is 0 Å². The molecule has 4 rings (SSSR count). The number of rotatable bonds is 4. The molecule has 0 aliphatic carbocycles. The zero-order valence-corrected chi connectivity index (χ0v) is 18.4. The lowest BCUT2D eigenvalue weighted by atomic mass is 10.1. The van der Waals surface area contributed by atoms with E-state index in [0.717, 1.165) is 8.95 Å². The van der Waals surface area contributed by atoms with E-state index in [1.807, 2.05) is 12.1 Å². The third-order valence-corrected chi connectivity index (χ3v) is 6.71. The van der Waals surface area contributed by atoms with Crippen molar-refractivity contribution >= 4 is 43.6 Å². The smallest absolute Gasteiger partial charge is 0.0253 e. The summed E-state index contributed by atoms with van der Waals surface area (Å²) in [6.45, 7) is 0. The molecular weight excluding hydrogens is 480 g/mol. The molecule has 0 radical (unpaired) electrons. The van der Waals surface area contributed by atoms with Gasteiger partial charge in [-0.25, -0.2) is 0 Å². The monoisotopic (exact) mass is 494 g/mol. The van der Waals surface area contributed by atoms with Gasteiger partial charge in [-0.15, -0.1) is 0 Å². The molecular formula is C24H16Br2S. The zero-order chi connectivity index (χ0) is 18.6. The standard InChI is InChI=1S/C24H16Br2S/c25-23-7-3-1-5-21(23)17-9-13-19(14-10-17)27-20-15-11-18(12-16-20)22-6-2-4-8-24(22)26/h1-16H. The molecule has 0 fully saturated rings. The van der Waals surface area contributed by atoms with Gasteiger partial charge in [0.2, 0.25) is 0 Å². The molecule has 0 nitrogen and oxygen atoms in total. The van der Waals surface area contributed by atoms with Crippen molar-refractivity contribution in [3.05, 3.63) is 106 Å². The van der Waals surface area contributed by atoms with Crippen LogP contribution in [0.25, 0.3) is 22.3 Å². The van der Waals surface area contributed by atoms with Crippen LogP contribution in [0, 0.1) is 0 Å². The maximum Gasteiger partial charge on any atom is 0.0253 e. The van der Waals surface area contributed by atoms with E-state index in [1.165, 1.54) is 32.0 Å². The summed E-state index contributed by atoms with van der Waals surface area (Å²) in [5.41, 5.74) is 4.87. The Balaban J connectivity index is 1.51. The minimum Gasteiger partial charge on any atom is -0.0901 e. The SMILES string of the molecule is Brc1ccccc1-c1ccc(Sc2ccc(-c3ccccc3Br)cc2)cc1. The van der Waals surface area contributed by atoms with E-state index in [0.29, 0.717) is 0 Å². The molecule has 0 heterocycles. The summed E-state index contributed by atoms with van der Waals surface area (Å²) in [5, 5.41) is 0. The van der Waals surface area contributed by atoms with E-state index >= 15 is 0 Å². The fourth-order valence-electron chi connectivity index (χ4n) is 2.93. The van der Waals surface area contributed by atoms with Crippen LogP contribution in [0.5, 0.6) is 0 Å². The summed E-state index contributed by atoms with van der Waals surface area (Å²) in [6, 6.07) is 34.1. The van der Waals surface area contributed by atoms with Crippen molar-refractivity contribution in [3.63, 3.8) is 0 Å². The summed E-state index contributed by atoms with van der Waals surface area (Å²) < 4.78 is 2.24. The number of hydrogen-bond acceptors (Lipinski definition) is 1. The van der Waals surface area contributed by atoms with Gasteiger partial charge in [0.25, 0.3) is 0 Å². The Kier molecular flexibility index (Phi) is 5.82. The third kappa shape index (κ3) is 4.37. The summed E-state index contributed by atoms with van der Waals surface area (Å²) in [5.74, 6) is 0. The van der Waals surface area contributed by atoms with Crippen LogP contribution in [0.4, 0.5) is 0 Å². The molecule has 4 aromatic rings. The molecule has 0 N–H and O–H groups in total. The average molecular weight is 496 g/mol. The van der Waals surface area contributed by atoms with Gasteiger partial charge in [-0.2, -0.15) is 0 Å². The molecule has 0 unspecified atom stereocenters. The van der Waals surface area contributed by atoms with E-state index in [4.69, 9.17) is 0 Å². The maximum atomic E-state index is 3.63. The minimum absolute atomic E-state index is 1.12. The van der Waals surface area contributed by atoms with Gasteiger partial charge in [-0.3, -0.25) is 0 Å². The van der Waals surface area contributed by atoms with Gasteiger partial charge in [-0.1, -0.05) is 104 Å². The zero-order valence-electron chi connectivity index (χ0n) is 14.4. The largest absolute Gasteiger partial charge is 0.0901 e. The lowest BCUT2D eigenvalue weighted by molar-refractivity contribution is 1.40. The van der Waals surface area contributed by atoms with Crippen molar-refractivity contribution in [1.29, 1.82) is 0 Å². The van der Waals surface area contributed by atoms with Crippen LogP contribution in [0.1, 0.15) is 0 Å². The van der Waals surface area contributed by atoms with Crippen molar-refractivity contribution in [2.24, 2.45) is 0 Å². The van der Waals surface area contributed by atoms with E-state index in [9.17, 15) is 0 Å². The van der Waals surface area contributed by atoms with Crippen molar-refractivity contribution in [1.82, 2.24) is 0 Å². The van der Waals surface area contributed by atoms with E-state index in [-0.39, 0.29) is 0 Å². The molecule has 0 saturated carbocycles. The first kappa shape index (κ1) is 18.5. The van der Waals surface area contributed by atoms with E-state index in [1.54, 1.807) is 11.8 Å². The first-order chi connectivity index (χ1) is 13.2. The van der Waals surface area contributed by atoms with Crippen LogP contribution >= 0.6 is 43.6 Å². The topological polar surface area (TPSA) is 0 Å². The van der Waals surface area contributed by atoms with Gasteiger partial charge in [0, 0.05) is 18.7 Å². The minimum atomic E-state index is 1.12. The van der Waals surface area contributed by atoms with Crippen molar-refractivity contribution in [2.75, 3.05) is 0 Å². The van der Waals surface area contributed by atoms with Crippen LogP contribution < -0.4 is 0 Å². The number of hydrogen-bond donors (Lipinski definition) is 0. The van der Waals surface area contributed by atoms with E-state index in [2.05, 4.69) is 117 Å². The van der Waals surface area contributed by atoms with Crippen LogP contribution in [0.3, 0.4) is 0 Å². The second-order valence-corrected chi connectivity index (χ2v) is 8.97. The van der Waals surface area contributed by atoms with Crippen LogP contribution in [-0.4, -0.2) is 0 Å². The molecule has 0 aliphatic rings. The Morgan fingerprint density at radius 2 is 0.815 bits per heavy atom. The average Bonchev–Trinajstić information content (AvgIpc) is 2.70. The molecule has 3 heteroatoms. The summed E-state index contributed by atoms with van der Waals surface area (Å²) >= 11 is 9.04. The van der Waals surface area contributed by atoms with Crippen LogP contribution in [-0.2, 0) is 0 Å². The molecule has 0 saturated heterocycles. The lowest BCUT2D eigenvalue weighted by Crippen LogP contribution is -1.81. The lowest BCUT2D eigenvalue weighted by Gasteiger charge is -2.08. The summed E-state index contributed by atoms with van der Waals surface area (Å²) in [6.07, 6.45) is 0. The highest BCUT2D eigenvalue weighted by molar-refractivity contribution is 9.11. The highest BCUT2D eigenvalue weighted by Gasteiger charge is 2.05. The van der Waals surface area contributed by atoms with Gasteiger partial charge < -0.3 is 0 Å². The van der Waals surface area contributed by atoms with E-state index < -0.39 is 0 Å². The summed E-state index contributed by atoms with van der Waals surface area (Å²) in [7, 11) is 0. The molecule has 0 amide bonds. The first-order valence-corrected chi connectivity index (χ1v) is 11.0. The van der Waals surface area contributed by atoms with Crippen molar-refractivity contribution in [2.45, 2.75) is 9.79 Å². The number of halogens is 2. The molecule has 27 heavy (non-hydrogen) atoms. The highest BCUT2D eigenvalue weighted by atomic mass is 79.9. The second-order valence-electron chi connectivity index (χ2n) is 6.11. The highest BCUT2D eigenvalue weighted by Crippen LogP contribution is 2.34. The normalized spacial score (nSPS) is 10.7. The molecule has 0 bridgehead atoms. The molecule has 0 atom stereocenters. The Morgan fingerprint density at radius 3 is 1.19 bits per heavy atom. The Bertz CT molecular complexity index is 967. The number of benzene rings is 4. The van der Waals surface area contributed by atoms with Gasteiger partial charge in [0.1, 0.15) is 0 Å². The molecule has 0 spiro atoms. The van der Waals surface area contributed by atoms with Gasteiger partial charge in [0.15, 0.2) is 0 Å². The third-order valence-electron chi connectivity index (χ3n) is 4.31. The quantitative estimate of drug-likeness (QED) is 0.272. The van der Waals surface area contributed by atoms with Crippen LogP contribution in [0.2, 0.25) is 0 Å². The van der Waals surface area contributed by atoms with Gasteiger partial charge in [-0.05, 0) is 58.7 Å². The fraction of sp³-hybridized carbons (Fsp3) is 0. The molecule has 0 aliphatic heterocycles. The molecule has 0 aromatic heterocycles. The predicted octanol–water partition coefficient (Wildman–Crippen LogP) is 8.70. The first-order valence-electron chi connectivity index (χ1n) is 8.58. The summed E-state index contributed by atoms with van der Waals surface area (Å²) in [4.78, 5) is 2.47. The molecule has 4 aromatic carbocycles. The van der Waals surface area contributed by atoms with Crippen molar-refractivity contribution in [3.8, 4) is 22.3 Å².